The average Bonchev–Trinajstić information content (AvgIpc) is 3.13. The van der Waals surface area contributed by atoms with Gasteiger partial charge in [-0.1, -0.05) is 31.5 Å². The van der Waals surface area contributed by atoms with E-state index >= 15 is 0 Å². The molecule has 7 heteroatoms. The van der Waals surface area contributed by atoms with Crippen molar-refractivity contribution in [1.82, 2.24) is 9.55 Å². The molecule has 1 aromatic heterocycles. The van der Waals surface area contributed by atoms with Gasteiger partial charge in [0, 0.05) is 5.70 Å². The molecule has 4 rings (SSSR count). The molecule has 0 saturated carbocycles. The highest BCUT2D eigenvalue weighted by molar-refractivity contribution is 5.94. The summed E-state index contributed by atoms with van der Waals surface area (Å²) in [6.45, 7) is 6.43. The topological polar surface area (TPSA) is 85.6 Å². The lowest BCUT2D eigenvalue weighted by Gasteiger charge is -2.31. The average molecular weight is 421 g/mol. The molecule has 7 nitrogen and oxygen atoms in total. The molecule has 2 aromatic carbocycles. The number of fused-ring (bicyclic) bond motifs is 3. The van der Waals surface area contributed by atoms with Crippen LogP contribution in [0.2, 0.25) is 0 Å². The Bertz CT molecular complexity index is 1150. The number of rotatable bonds is 7. The summed E-state index contributed by atoms with van der Waals surface area (Å²) in [4.78, 5) is 17.9. The SMILES string of the molecule is CCCC1=C(C(=O)OCC)[C@H](c2ccc(O)c(OCC)c2)n2c(nc3ccccc32)N1. The molecular formula is C24H27N3O4. The van der Waals surface area contributed by atoms with Gasteiger partial charge in [-0.3, -0.25) is 4.57 Å². The van der Waals surface area contributed by atoms with Gasteiger partial charge in [-0.25, -0.2) is 9.78 Å². The number of phenols is 1. The van der Waals surface area contributed by atoms with Crippen molar-refractivity contribution in [2.75, 3.05) is 18.5 Å². The van der Waals surface area contributed by atoms with E-state index in [0.717, 1.165) is 28.7 Å². The molecule has 0 saturated heterocycles. The minimum atomic E-state index is -0.468. The van der Waals surface area contributed by atoms with Crippen LogP contribution in [0.1, 0.15) is 45.2 Å². The Morgan fingerprint density at radius 3 is 2.71 bits per heavy atom. The van der Waals surface area contributed by atoms with E-state index in [-0.39, 0.29) is 18.3 Å². The first-order chi connectivity index (χ1) is 15.1. The van der Waals surface area contributed by atoms with Crippen LogP contribution >= 0.6 is 0 Å². The van der Waals surface area contributed by atoms with Gasteiger partial charge >= 0.3 is 5.97 Å². The number of esters is 1. The Hall–Kier alpha value is -3.48. The van der Waals surface area contributed by atoms with Gasteiger partial charge in [0.1, 0.15) is 0 Å². The lowest BCUT2D eigenvalue weighted by Crippen LogP contribution is -2.29. The van der Waals surface area contributed by atoms with E-state index in [2.05, 4.69) is 12.2 Å². The molecule has 0 fully saturated rings. The summed E-state index contributed by atoms with van der Waals surface area (Å²) in [5, 5.41) is 13.6. The third kappa shape index (κ3) is 3.71. The zero-order valence-corrected chi connectivity index (χ0v) is 18.0. The second-order valence-electron chi connectivity index (χ2n) is 7.34. The molecule has 0 radical (unpaired) electrons. The summed E-state index contributed by atoms with van der Waals surface area (Å²) in [7, 11) is 0. The van der Waals surface area contributed by atoms with Crippen molar-refractivity contribution < 1.29 is 19.4 Å². The zero-order chi connectivity index (χ0) is 22.0. The highest BCUT2D eigenvalue weighted by Crippen LogP contribution is 2.42. The summed E-state index contributed by atoms with van der Waals surface area (Å²) >= 11 is 0. The number of benzene rings is 2. The van der Waals surface area contributed by atoms with Crippen LogP contribution in [-0.2, 0) is 9.53 Å². The van der Waals surface area contributed by atoms with Gasteiger partial charge in [0.05, 0.1) is 35.9 Å². The maximum Gasteiger partial charge on any atom is 0.338 e. The van der Waals surface area contributed by atoms with Crippen LogP contribution in [0.25, 0.3) is 11.0 Å². The van der Waals surface area contributed by atoms with Gasteiger partial charge in [-0.05, 0) is 50.1 Å². The molecule has 1 aliphatic rings. The van der Waals surface area contributed by atoms with Crippen LogP contribution in [0.3, 0.4) is 0 Å². The van der Waals surface area contributed by atoms with Crippen LogP contribution in [-0.4, -0.2) is 33.8 Å². The minimum Gasteiger partial charge on any atom is -0.504 e. The third-order valence-corrected chi connectivity index (χ3v) is 5.31. The molecule has 0 spiro atoms. The summed E-state index contributed by atoms with van der Waals surface area (Å²) in [5.74, 6) is 0.752. The molecule has 1 aliphatic heterocycles. The predicted octanol–water partition coefficient (Wildman–Crippen LogP) is 4.77. The van der Waals surface area contributed by atoms with E-state index in [0.29, 0.717) is 30.3 Å². The smallest absolute Gasteiger partial charge is 0.338 e. The molecule has 0 aliphatic carbocycles. The predicted molar refractivity (Wildman–Crippen MR) is 119 cm³/mol. The van der Waals surface area contributed by atoms with Crippen molar-refractivity contribution in [2.45, 2.75) is 39.7 Å². The van der Waals surface area contributed by atoms with Crippen LogP contribution < -0.4 is 10.1 Å². The number of imidazole rings is 1. The van der Waals surface area contributed by atoms with E-state index < -0.39 is 6.04 Å². The molecule has 1 atom stereocenters. The van der Waals surface area contributed by atoms with E-state index in [1.165, 1.54) is 0 Å². The number of hydrogen-bond acceptors (Lipinski definition) is 6. The molecule has 162 valence electrons. The highest BCUT2D eigenvalue weighted by atomic mass is 16.5. The summed E-state index contributed by atoms with van der Waals surface area (Å²) in [5.41, 5.74) is 3.90. The first-order valence-corrected chi connectivity index (χ1v) is 10.7. The van der Waals surface area contributed by atoms with Crippen molar-refractivity contribution >= 4 is 23.0 Å². The number of anilines is 1. The van der Waals surface area contributed by atoms with E-state index in [9.17, 15) is 9.90 Å². The molecule has 3 aromatic rings. The van der Waals surface area contributed by atoms with Gasteiger partial charge in [-0.15, -0.1) is 0 Å². The number of carbonyl (C=O) groups excluding carboxylic acids is 1. The molecular weight excluding hydrogens is 394 g/mol. The fourth-order valence-electron chi connectivity index (χ4n) is 4.07. The Morgan fingerprint density at radius 2 is 1.97 bits per heavy atom. The van der Waals surface area contributed by atoms with Crippen LogP contribution in [0, 0.1) is 0 Å². The van der Waals surface area contributed by atoms with Crippen LogP contribution in [0.15, 0.2) is 53.7 Å². The fourth-order valence-corrected chi connectivity index (χ4v) is 4.07. The summed E-state index contributed by atoms with van der Waals surface area (Å²) in [6.07, 6.45) is 1.54. The number of ether oxygens (including phenoxy) is 2. The largest absolute Gasteiger partial charge is 0.504 e. The molecule has 0 bridgehead atoms. The number of aromatic hydroxyl groups is 1. The van der Waals surface area contributed by atoms with E-state index in [1.807, 2.05) is 41.8 Å². The molecule has 0 unspecified atom stereocenters. The minimum absolute atomic E-state index is 0.0608. The van der Waals surface area contributed by atoms with Gasteiger partial charge in [0.2, 0.25) is 5.95 Å². The molecule has 2 N–H and O–H groups in total. The standard InChI is InChI=1S/C24H27N3O4/c1-4-9-17-21(23(29)31-6-3)22(15-12-13-19(28)20(14-15)30-5-2)27-18-11-8-7-10-16(18)25-24(27)26-17/h7-8,10-14,22,28H,4-6,9H2,1-3H3,(H,25,26)/t22-/m0/s1. The summed E-state index contributed by atoms with van der Waals surface area (Å²) < 4.78 is 13.1. The van der Waals surface area contributed by atoms with Gasteiger partial charge in [-0.2, -0.15) is 0 Å². The molecule has 0 amide bonds. The number of allylic oxidation sites excluding steroid dienone is 1. The molecule has 31 heavy (non-hydrogen) atoms. The Balaban J connectivity index is 1.99. The first-order valence-electron chi connectivity index (χ1n) is 10.7. The monoisotopic (exact) mass is 421 g/mol. The Morgan fingerprint density at radius 1 is 1.16 bits per heavy atom. The lowest BCUT2D eigenvalue weighted by molar-refractivity contribution is -0.139. The second kappa shape index (κ2) is 8.71. The quantitative estimate of drug-likeness (QED) is 0.535. The number of carbonyl (C=O) groups is 1. The Kier molecular flexibility index (Phi) is 5.84. The van der Waals surface area contributed by atoms with Crippen LogP contribution in [0.4, 0.5) is 5.95 Å². The summed E-state index contributed by atoms with van der Waals surface area (Å²) in [6, 6.07) is 12.6. The van der Waals surface area contributed by atoms with Crippen LogP contribution in [0.5, 0.6) is 11.5 Å². The normalized spacial score (nSPS) is 15.5. The maximum absolute atomic E-state index is 13.2. The van der Waals surface area contributed by atoms with Gasteiger partial charge < -0.3 is 19.9 Å². The molecule has 2 heterocycles. The van der Waals surface area contributed by atoms with Crippen molar-refractivity contribution in [3.8, 4) is 11.5 Å². The first kappa shape index (κ1) is 20.8. The Labute approximate surface area is 181 Å². The number of hydrogen-bond donors (Lipinski definition) is 2. The fraction of sp³-hybridized carbons (Fsp3) is 0.333. The van der Waals surface area contributed by atoms with Crippen molar-refractivity contribution in [1.29, 1.82) is 0 Å². The number of aromatic nitrogens is 2. The third-order valence-electron chi connectivity index (χ3n) is 5.31. The zero-order valence-electron chi connectivity index (χ0n) is 18.0. The number of phenolic OH excluding ortho intramolecular Hbond substituents is 1. The number of nitrogens with zero attached hydrogens (tertiary/aromatic N) is 2. The highest BCUT2D eigenvalue weighted by Gasteiger charge is 2.36. The second-order valence-corrected chi connectivity index (χ2v) is 7.34. The van der Waals surface area contributed by atoms with E-state index in [1.54, 1.807) is 19.1 Å². The van der Waals surface area contributed by atoms with Crippen molar-refractivity contribution in [3.63, 3.8) is 0 Å². The lowest BCUT2D eigenvalue weighted by atomic mass is 9.93. The maximum atomic E-state index is 13.2. The van der Waals surface area contributed by atoms with Crippen molar-refractivity contribution in [3.05, 3.63) is 59.3 Å². The van der Waals surface area contributed by atoms with Gasteiger partial charge in [0.25, 0.3) is 0 Å². The van der Waals surface area contributed by atoms with Gasteiger partial charge in [0.15, 0.2) is 11.5 Å². The number of para-hydroxylation sites is 2. The number of nitrogens with one attached hydrogen (secondary N) is 1. The van der Waals surface area contributed by atoms with Crippen molar-refractivity contribution in [2.24, 2.45) is 0 Å². The van der Waals surface area contributed by atoms with E-state index in [4.69, 9.17) is 14.5 Å².